The maximum absolute atomic E-state index is 11.3. The van der Waals surface area contributed by atoms with E-state index < -0.39 is 5.60 Å². The van der Waals surface area contributed by atoms with Crippen molar-refractivity contribution < 1.29 is 14.6 Å². The molecule has 2 rings (SSSR count). The fraction of sp³-hybridized carbons (Fsp3) is 0.773. The van der Waals surface area contributed by atoms with Gasteiger partial charge in [0.1, 0.15) is 6.61 Å². The summed E-state index contributed by atoms with van der Waals surface area (Å²) in [5, 5.41) is 10.4. The van der Waals surface area contributed by atoms with Crippen LogP contribution in [0, 0.1) is 22.7 Å². The summed E-state index contributed by atoms with van der Waals surface area (Å²) in [4.78, 5) is 11.3. The monoisotopic (exact) mass is 348 g/mol. The van der Waals surface area contributed by atoms with Gasteiger partial charge in [-0.1, -0.05) is 39.3 Å². The van der Waals surface area contributed by atoms with Crippen molar-refractivity contribution >= 4 is 5.97 Å². The maximum Gasteiger partial charge on any atom is 0.302 e. The summed E-state index contributed by atoms with van der Waals surface area (Å²) in [5.41, 5.74) is 0.922. The predicted octanol–water partition coefficient (Wildman–Crippen LogP) is 5.05. The van der Waals surface area contributed by atoms with Crippen LogP contribution in [0.3, 0.4) is 0 Å². The Balaban J connectivity index is 2.30. The van der Waals surface area contributed by atoms with Gasteiger partial charge in [0, 0.05) is 6.92 Å². The van der Waals surface area contributed by atoms with Gasteiger partial charge in [-0.15, -0.1) is 6.58 Å². The Labute approximate surface area is 153 Å². The standard InChI is InChI=1S/C22H36O3/c1-7-21(5,24)14-11-18-17(15-25-16(2)23)9-10-19-20(3,4)12-8-13-22(18,19)6/h7,9,18-19,24H,1,8,10-15H2,2-6H3/t18-,19-,21-,22+/m0/s1. The molecule has 0 aromatic rings. The third-order valence-electron chi connectivity index (χ3n) is 6.96. The van der Waals surface area contributed by atoms with E-state index >= 15 is 0 Å². The van der Waals surface area contributed by atoms with E-state index in [4.69, 9.17) is 4.74 Å². The fourth-order valence-electron chi connectivity index (χ4n) is 5.40. The van der Waals surface area contributed by atoms with Crippen LogP contribution >= 0.6 is 0 Å². The zero-order valence-corrected chi connectivity index (χ0v) is 16.7. The van der Waals surface area contributed by atoms with Gasteiger partial charge in [-0.25, -0.2) is 0 Å². The first-order valence-electron chi connectivity index (χ1n) is 9.70. The van der Waals surface area contributed by atoms with E-state index in [2.05, 4.69) is 33.4 Å². The molecule has 0 aromatic carbocycles. The number of aliphatic hydroxyl groups is 1. The molecule has 0 unspecified atom stereocenters. The number of fused-ring (bicyclic) bond motifs is 1. The molecule has 142 valence electrons. The van der Waals surface area contributed by atoms with E-state index in [9.17, 15) is 9.90 Å². The lowest BCUT2D eigenvalue weighted by Crippen LogP contribution is -2.49. The number of carbonyl (C=O) groups excluding carboxylic acids is 1. The second-order valence-corrected chi connectivity index (χ2v) is 9.35. The quantitative estimate of drug-likeness (QED) is 0.540. The zero-order chi connectivity index (χ0) is 18.9. The number of hydrogen-bond acceptors (Lipinski definition) is 3. The minimum absolute atomic E-state index is 0.198. The highest BCUT2D eigenvalue weighted by Crippen LogP contribution is 2.60. The van der Waals surface area contributed by atoms with Gasteiger partial charge in [0.2, 0.25) is 0 Å². The van der Waals surface area contributed by atoms with Gasteiger partial charge in [0.05, 0.1) is 5.60 Å². The lowest BCUT2D eigenvalue weighted by atomic mass is 9.48. The van der Waals surface area contributed by atoms with Crippen molar-refractivity contribution in [3.8, 4) is 0 Å². The molecule has 2 aliphatic carbocycles. The molecule has 3 nitrogen and oxygen atoms in total. The molecule has 0 heterocycles. The minimum atomic E-state index is -0.847. The van der Waals surface area contributed by atoms with E-state index in [1.807, 2.05) is 6.92 Å². The Kier molecular flexibility index (Phi) is 5.88. The van der Waals surface area contributed by atoms with E-state index in [0.29, 0.717) is 30.3 Å². The van der Waals surface area contributed by atoms with Crippen LogP contribution in [-0.4, -0.2) is 23.3 Å². The highest BCUT2D eigenvalue weighted by molar-refractivity contribution is 5.66. The third kappa shape index (κ3) is 4.36. The molecule has 0 aliphatic heterocycles. The molecule has 0 spiro atoms. The molecule has 25 heavy (non-hydrogen) atoms. The lowest BCUT2D eigenvalue weighted by Gasteiger charge is -2.57. The summed E-state index contributed by atoms with van der Waals surface area (Å²) in [5.74, 6) is 0.749. The van der Waals surface area contributed by atoms with Crippen molar-refractivity contribution in [3.63, 3.8) is 0 Å². The molecule has 3 heteroatoms. The summed E-state index contributed by atoms with van der Waals surface area (Å²) >= 11 is 0. The van der Waals surface area contributed by atoms with E-state index in [1.54, 1.807) is 6.08 Å². The van der Waals surface area contributed by atoms with Gasteiger partial charge in [0.15, 0.2) is 0 Å². The van der Waals surface area contributed by atoms with Gasteiger partial charge in [0.25, 0.3) is 0 Å². The molecule has 1 N–H and O–H groups in total. The van der Waals surface area contributed by atoms with Crippen molar-refractivity contribution in [3.05, 3.63) is 24.3 Å². The van der Waals surface area contributed by atoms with E-state index in [1.165, 1.54) is 31.8 Å². The van der Waals surface area contributed by atoms with Crippen molar-refractivity contribution in [1.29, 1.82) is 0 Å². The van der Waals surface area contributed by atoms with Crippen molar-refractivity contribution in [2.75, 3.05) is 6.61 Å². The van der Waals surface area contributed by atoms with Gasteiger partial charge >= 0.3 is 5.97 Å². The average Bonchev–Trinajstić information content (AvgIpc) is 2.50. The molecule has 0 saturated heterocycles. The molecular weight excluding hydrogens is 312 g/mol. The molecule has 1 fully saturated rings. The Morgan fingerprint density at radius 2 is 2.12 bits per heavy atom. The van der Waals surface area contributed by atoms with Crippen LogP contribution in [0.15, 0.2) is 24.3 Å². The third-order valence-corrected chi connectivity index (χ3v) is 6.96. The largest absolute Gasteiger partial charge is 0.461 e. The predicted molar refractivity (Wildman–Crippen MR) is 102 cm³/mol. The smallest absolute Gasteiger partial charge is 0.302 e. The van der Waals surface area contributed by atoms with Crippen molar-refractivity contribution in [2.24, 2.45) is 22.7 Å². The van der Waals surface area contributed by atoms with Gasteiger partial charge < -0.3 is 9.84 Å². The van der Waals surface area contributed by atoms with Gasteiger partial charge in [-0.3, -0.25) is 4.79 Å². The Morgan fingerprint density at radius 3 is 2.72 bits per heavy atom. The fourth-order valence-corrected chi connectivity index (χ4v) is 5.40. The SMILES string of the molecule is C=C[C@](C)(O)CC[C@H]1C(COC(C)=O)=CC[C@H]2C(C)(C)CCC[C@]12C. The molecule has 1 saturated carbocycles. The number of esters is 1. The first kappa shape index (κ1) is 20.2. The van der Waals surface area contributed by atoms with E-state index in [0.717, 1.165) is 12.8 Å². The second-order valence-electron chi connectivity index (χ2n) is 9.35. The Bertz CT molecular complexity index is 543. The Morgan fingerprint density at radius 1 is 1.44 bits per heavy atom. The number of rotatable bonds is 6. The van der Waals surface area contributed by atoms with Crippen LogP contribution < -0.4 is 0 Å². The number of allylic oxidation sites excluding steroid dienone is 1. The van der Waals surface area contributed by atoms with Crippen LogP contribution in [0.2, 0.25) is 0 Å². The second kappa shape index (κ2) is 7.26. The number of carbonyl (C=O) groups is 1. The lowest BCUT2D eigenvalue weighted by molar-refractivity contribution is -0.140. The molecule has 0 aromatic heterocycles. The summed E-state index contributed by atoms with van der Waals surface area (Å²) < 4.78 is 5.36. The average molecular weight is 349 g/mol. The van der Waals surface area contributed by atoms with Crippen molar-refractivity contribution in [2.45, 2.75) is 78.7 Å². The minimum Gasteiger partial charge on any atom is -0.461 e. The highest BCUT2D eigenvalue weighted by atomic mass is 16.5. The topological polar surface area (TPSA) is 46.5 Å². The summed E-state index contributed by atoms with van der Waals surface area (Å²) in [6.07, 6.45) is 10.3. The molecular formula is C22H36O3. The molecule has 4 atom stereocenters. The molecule has 0 radical (unpaired) electrons. The van der Waals surface area contributed by atoms with Crippen LogP contribution in [-0.2, 0) is 9.53 Å². The summed E-state index contributed by atoms with van der Waals surface area (Å²) in [6, 6.07) is 0. The van der Waals surface area contributed by atoms with Crippen LogP contribution in [0.1, 0.15) is 73.1 Å². The van der Waals surface area contributed by atoms with Crippen LogP contribution in [0.4, 0.5) is 0 Å². The summed E-state index contributed by atoms with van der Waals surface area (Å²) in [6.45, 7) is 14.7. The first-order valence-corrected chi connectivity index (χ1v) is 9.70. The van der Waals surface area contributed by atoms with E-state index in [-0.39, 0.29) is 11.4 Å². The normalized spacial score (nSPS) is 33.6. The zero-order valence-electron chi connectivity index (χ0n) is 16.7. The first-order chi connectivity index (χ1) is 11.5. The maximum atomic E-state index is 11.3. The van der Waals surface area contributed by atoms with Crippen LogP contribution in [0.25, 0.3) is 0 Å². The number of ether oxygens (including phenoxy) is 1. The summed E-state index contributed by atoms with van der Waals surface area (Å²) in [7, 11) is 0. The molecule has 2 aliphatic rings. The van der Waals surface area contributed by atoms with Crippen molar-refractivity contribution in [1.82, 2.24) is 0 Å². The van der Waals surface area contributed by atoms with Gasteiger partial charge in [-0.2, -0.15) is 0 Å². The molecule has 0 bridgehead atoms. The van der Waals surface area contributed by atoms with Crippen LogP contribution in [0.5, 0.6) is 0 Å². The molecule has 0 amide bonds. The Hall–Kier alpha value is -1.09. The number of hydrogen-bond donors (Lipinski definition) is 1. The highest BCUT2D eigenvalue weighted by Gasteiger charge is 2.52. The van der Waals surface area contributed by atoms with Gasteiger partial charge in [-0.05, 0) is 67.3 Å².